The first kappa shape index (κ1) is 12.8. The maximum absolute atomic E-state index is 12.9. The van der Waals surface area contributed by atoms with Crippen molar-refractivity contribution in [3.8, 4) is 0 Å². The van der Waals surface area contributed by atoms with Crippen molar-refractivity contribution < 1.29 is 4.39 Å². The van der Waals surface area contributed by atoms with Gasteiger partial charge in [-0.25, -0.2) is 9.37 Å². The first-order valence-corrected chi connectivity index (χ1v) is 6.17. The Morgan fingerprint density at radius 2 is 1.83 bits per heavy atom. The van der Waals surface area contributed by atoms with Crippen molar-refractivity contribution in [2.24, 2.45) is 0 Å². The van der Waals surface area contributed by atoms with Crippen molar-refractivity contribution >= 4 is 23.1 Å². The van der Waals surface area contributed by atoms with Gasteiger partial charge in [0.05, 0.1) is 0 Å². The minimum Gasteiger partial charge on any atom is -0.329 e. The zero-order chi connectivity index (χ0) is 13.1. The van der Waals surface area contributed by atoms with Crippen molar-refractivity contribution in [1.82, 2.24) is 4.98 Å². The second kappa shape index (κ2) is 5.36. The Balaban J connectivity index is 2.31. The molecule has 1 aromatic carbocycles. The number of hydrogen-bond acceptors (Lipinski definition) is 2. The Morgan fingerprint density at radius 1 is 1.17 bits per heavy atom. The van der Waals surface area contributed by atoms with Gasteiger partial charge < -0.3 is 4.90 Å². The molecule has 94 valence electrons. The monoisotopic (exact) mass is 264 g/mol. The molecule has 2 nitrogen and oxygen atoms in total. The summed E-state index contributed by atoms with van der Waals surface area (Å²) < 4.78 is 12.9. The molecule has 0 spiro atoms. The van der Waals surface area contributed by atoms with E-state index in [0.717, 1.165) is 22.8 Å². The van der Waals surface area contributed by atoms with Gasteiger partial charge in [0.1, 0.15) is 11.6 Å². The highest BCUT2D eigenvalue weighted by molar-refractivity contribution is 6.17. The molecule has 1 aromatic heterocycles. The van der Waals surface area contributed by atoms with Crippen LogP contribution in [-0.4, -0.2) is 12.0 Å². The number of aromatic nitrogens is 1. The summed E-state index contributed by atoms with van der Waals surface area (Å²) >= 11 is 5.80. The Hall–Kier alpha value is -1.61. The summed E-state index contributed by atoms with van der Waals surface area (Å²) in [5, 5.41) is 0. The van der Waals surface area contributed by atoms with Crippen LogP contribution in [-0.2, 0) is 5.88 Å². The lowest BCUT2D eigenvalue weighted by Crippen LogP contribution is -2.12. The lowest BCUT2D eigenvalue weighted by atomic mass is 10.2. The van der Waals surface area contributed by atoms with Gasteiger partial charge in [-0.2, -0.15) is 0 Å². The zero-order valence-electron chi connectivity index (χ0n) is 10.3. The van der Waals surface area contributed by atoms with Crippen molar-refractivity contribution in [3.63, 3.8) is 0 Å². The molecule has 1 heterocycles. The summed E-state index contributed by atoms with van der Waals surface area (Å²) in [5.41, 5.74) is 2.83. The number of pyridine rings is 1. The van der Waals surface area contributed by atoms with Crippen LogP contribution in [0, 0.1) is 12.7 Å². The molecule has 0 aliphatic rings. The van der Waals surface area contributed by atoms with Crippen LogP contribution in [0.3, 0.4) is 0 Å². The van der Waals surface area contributed by atoms with E-state index in [9.17, 15) is 4.39 Å². The minimum absolute atomic E-state index is 0.242. The van der Waals surface area contributed by atoms with Gasteiger partial charge >= 0.3 is 0 Å². The number of halogens is 2. The summed E-state index contributed by atoms with van der Waals surface area (Å²) in [7, 11) is 1.90. The third-order valence-electron chi connectivity index (χ3n) is 2.88. The van der Waals surface area contributed by atoms with Gasteiger partial charge in [0.2, 0.25) is 0 Å². The van der Waals surface area contributed by atoms with E-state index in [1.165, 1.54) is 12.1 Å². The highest BCUT2D eigenvalue weighted by Gasteiger charge is 2.07. The van der Waals surface area contributed by atoms with E-state index in [1.54, 1.807) is 12.1 Å². The molecule has 0 radical (unpaired) electrons. The Bertz CT molecular complexity index is 540. The van der Waals surface area contributed by atoms with E-state index in [-0.39, 0.29) is 5.82 Å². The number of rotatable bonds is 3. The minimum atomic E-state index is -0.242. The third kappa shape index (κ3) is 2.62. The molecule has 0 N–H and O–H groups in total. The van der Waals surface area contributed by atoms with Gasteiger partial charge in [0.15, 0.2) is 0 Å². The van der Waals surface area contributed by atoms with E-state index in [4.69, 9.17) is 11.6 Å². The van der Waals surface area contributed by atoms with Crippen molar-refractivity contribution in [1.29, 1.82) is 0 Å². The first-order valence-electron chi connectivity index (χ1n) is 5.63. The highest BCUT2D eigenvalue weighted by atomic mass is 35.5. The van der Waals surface area contributed by atoms with E-state index in [0.29, 0.717) is 5.88 Å². The average Bonchev–Trinajstić information content (AvgIpc) is 2.38. The molecule has 0 atom stereocenters. The number of hydrogen-bond donors (Lipinski definition) is 0. The van der Waals surface area contributed by atoms with E-state index < -0.39 is 0 Å². The van der Waals surface area contributed by atoms with Crippen LogP contribution in [0.2, 0.25) is 0 Å². The Kier molecular flexibility index (Phi) is 3.82. The van der Waals surface area contributed by atoms with Crippen LogP contribution in [0.1, 0.15) is 11.3 Å². The van der Waals surface area contributed by atoms with Crippen LogP contribution in [0.5, 0.6) is 0 Å². The summed E-state index contributed by atoms with van der Waals surface area (Å²) in [6.07, 6.45) is 0. The maximum Gasteiger partial charge on any atom is 0.132 e. The van der Waals surface area contributed by atoms with Crippen LogP contribution in [0.15, 0.2) is 36.4 Å². The molecule has 4 heteroatoms. The summed E-state index contributed by atoms with van der Waals surface area (Å²) in [6.45, 7) is 1.93. The fourth-order valence-corrected chi connectivity index (χ4v) is 1.98. The predicted octanol–water partition coefficient (Wildman–Crippen LogP) is 4.04. The van der Waals surface area contributed by atoms with Crippen LogP contribution in [0.25, 0.3) is 0 Å². The molecule has 2 aromatic rings. The molecule has 0 aliphatic carbocycles. The number of alkyl halides is 1. The maximum atomic E-state index is 12.9. The smallest absolute Gasteiger partial charge is 0.132 e. The summed E-state index contributed by atoms with van der Waals surface area (Å²) in [4.78, 5) is 6.40. The SMILES string of the molecule is Cc1nc(N(C)c2ccc(F)cc2)ccc1CCl. The van der Waals surface area contributed by atoms with Gasteiger partial charge in [0, 0.05) is 24.3 Å². The van der Waals surface area contributed by atoms with Gasteiger partial charge in [-0.1, -0.05) is 6.07 Å². The van der Waals surface area contributed by atoms with E-state index in [1.807, 2.05) is 31.0 Å². The molecule has 0 bridgehead atoms. The Morgan fingerprint density at radius 3 is 2.39 bits per heavy atom. The Labute approximate surface area is 111 Å². The fraction of sp³-hybridized carbons (Fsp3) is 0.214. The lowest BCUT2D eigenvalue weighted by molar-refractivity contribution is 0.628. The topological polar surface area (TPSA) is 16.1 Å². The van der Waals surface area contributed by atoms with Crippen molar-refractivity contribution in [2.75, 3.05) is 11.9 Å². The largest absolute Gasteiger partial charge is 0.329 e. The van der Waals surface area contributed by atoms with Crippen LogP contribution < -0.4 is 4.90 Å². The van der Waals surface area contributed by atoms with Crippen LogP contribution in [0.4, 0.5) is 15.9 Å². The average molecular weight is 265 g/mol. The summed E-state index contributed by atoms with van der Waals surface area (Å²) in [6, 6.07) is 10.2. The third-order valence-corrected chi connectivity index (χ3v) is 3.17. The highest BCUT2D eigenvalue weighted by Crippen LogP contribution is 2.23. The molecule has 18 heavy (non-hydrogen) atoms. The van der Waals surface area contributed by atoms with Crippen molar-refractivity contribution in [3.05, 3.63) is 53.5 Å². The van der Waals surface area contributed by atoms with E-state index in [2.05, 4.69) is 4.98 Å². The van der Waals surface area contributed by atoms with Gasteiger partial charge in [0.25, 0.3) is 0 Å². The molecule has 0 saturated carbocycles. The second-order valence-corrected chi connectivity index (χ2v) is 4.35. The number of nitrogens with zero attached hydrogens (tertiary/aromatic N) is 2. The first-order chi connectivity index (χ1) is 8.61. The molecule has 0 aliphatic heterocycles. The molecular weight excluding hydrogens is 251 g/mol. The second-order valence-electron chi connectivity index (χ2n) is 4.08. The molecule has 0 amide bonds. The van der Waals surface area contributed by atoms with Gasteiger partial charge in [-0.15, -0.1) is 11.6 Å². The number of benzene rings is 1. The molecule has 2 rings (SSSR count). The number of anilines is 2. The van der Waals surface area contributed by atoms with Gasteiger partial charge in [-0.3, -0.25) is 0 Å². The quantitative estimate of drug-likeness (QED) is 0.778. The lowest BCUT2D eigenvalue weighted by Gasteiger charge is -2.19. The standard InChI is InChI=1S/C14H14ClFN2/c1-10-11(9-15)3-8-14(17-10)18(2)13-6-4-12(16)5-7-13/h3-8H,9H2,1-2H3. The normalized spacial score (nSPS) is 10.4. The zero-order valence-corrected chi connectivity index (χ0v) is 11.1. The molecular formula is C14H14ClFN2. The fourth-order valence-electron chi connectivity index (χ4n) is 1.70. The van der Waals surface area contributed by atoms with E-state index >= 15 is 0 Å². The van der Waals surface area contributed by atoms with Gasteiger partial charge in [-0.05, 0) is 42.8 Å². The molecule has 0 saturated heterocycles. The summed E-state index contributed by atoms with van der Waals surface area (Å²) in [5.74, 6) is 1.03. The number of aryl methyl sites for hydroxylation is 1. The molecule has 0 unspecified atom stereocenters. The van der Waals surface area contributed by atoms with Crippen LogP contribution >= 0.6 is 11.6 Å². The molecule has 0 fully saturated rings. The predicted molar refractivity (Wildman–Crippen MR) is 73.0 cm³/mol. The van der Waals surface area contributed by atoms with Crippen molar-refractivity contribution in [2.45, 2.75) is 12.8 Å².